The predicted molar refractivity (Wildman–Crippen MR) is 69.0 cm³/mol. The minimum absolute atomic E-state index is 0.0896. The summed E-state index contributed by atoms with van der Waals surface area (Å²) in [6, 6.07) is 0. The molecule has 1 aromatic heterocycles. The van der Waals surface area contributed by atoms with E-state index in [4.69, 9.17) is 5.11 Å². The molecule has 0 atom stereocenters. The van der Waals surface area contributed by atoms with Gasteiger partial charge in [0.2, 0.25) is 5.95 Å². The number of nitrogens with zero attached hydrogens (tertiary/aromatic N) is 3. The van der Waals surface area contributed by atoms with Gasteiger partial charge in [-0.3, -0.25) is 0 Å². The molecule has 0 saturated carbocycles. The first-order chi connectivity index (χ1) is 7.92. The summed E-state index contributed by atoms with van der Waals surface area (Å²) in [5.74, 6) is 0.638. The molecule has 0 saturated heterocycles. The average molecular weight is 238 g/mol. The SMILES string of the molecule is CN(CCO)c1ncc(CNC(C)(C)C)cn1. The van der Waals surface area contributed by atoms with Crippen molar-refractivity contribution in [3.63, 3.8) is 0 Å². The zero-order valence-electron chi connectivity index (χ0n) is 11.1. The minimum Gasteiger partial charge on any atom is -0.395 e. The number of aromatic nitrogens is 2. The maximum absolute atomic E-state index is 8.82. The second-order valence-corrected chi connectivity index (χ2v) is 5.14. The summed E-state index contributed by atoms with van der Waals surface area (Å²) in [4.78, 5) is 10.3. The molecule has 0 aromatic carbocycles. The van der Waals surface area contributed by atoms with Crippen molar-refractivity contribution in [1.82, 2.24) is 15.3 Å². The lowest BCUT2D eigenvalue weighted by Gasteiger charge is -2.20. The van der Waals surface area contributed by atoms with E-state index in [9.17, 15) is 0 Å². The van der Waals surface area contributed by atoms with E-state index in [1.165, 1.54) is 0 Å². The quantitative estimate of drug-likeness (QED) is 0.794. The molecule has 0 aliphatic rings. The lowest BCUT2D eigenvalue weighted by molar-refractivity contribution is 0.303. The lowest BCUT2D eigenvalue weighted by atomic mass is 10.1. The number of hydrogen-bond acceptors (Lipinski definition) is 5. The standard InChI is InChI=1S/C12H22N4O/c1-12(2,3)15-9-10-7-13-11(14-8-10)16(4)5-6-17/h7-8,15,17H,5-6,9H2,1-4H3. The highest BCUT2D eigenvalue weighted by Crippen LogP contribution is 2.06. The summed E-state index contributed by atoms with van der Waals surface area (Å²) < 4.78 is 0. The van der Waals surface area contributed by atoms with Crippen LogP contribution in [0.15, 0.2) is 12.4 Å². The van der Waals surface area contributed by atoms with Crippen LogP contribution < -0.4 is 10.2 Å². The van der Waals surface area contributed by atoms with E-state index in [0.717, 1.165) is 12.1 Å². The van der Waals surface area contributed by atoms with E-state index in [0.29, 0.717) is 12.5 Å². The third-order valence-electron chi connectivity index (χ3n) is 2.29. The molecule has 0 bridgehead atoms. The molecule has 1 aromatic rings. The third-order valence-corrected chi connectivity index (χ3v) is 2.29. The maximum Gasteiger partial charge on any atom is 0.225 e. The Morgan fingerprint density at radius 2 is 1.88 bits per heavy atom. The third kappa shape index (κ3) is 5.10. The van der Waals surface area contributed by atoms with Crippen LogP contribution in [0.2, 0.25) is 0 Å². The number of hydrogen-bond donors (Lipinski definition) is 2. The molecule has 0 aliphatic carbocycles. The summed E-state index contributed by atoms with van der Waals surface area (Å²) in [6.07, 6.45) is 3.63. The van der Waals surface area contributed by atoms with Gasteiger partial charge in [0, 0.05) is 43.6 Å². The molecule has 17 heavy (non-hydrogen) atoms. The first kappa shape index (κ1) is 13.9. The van der Waals surface area contributed by atoms with Crippen molar-refractivity contribution in [2.24, 2.45) is 0 Å². The molecule has 1 heterocycles. The average Bonchev–Trinajstić information content (AvgIpc) is 2.26. The second-order valence-electron chi connectivity index (χ2n) is 5.14. The van der Waals surface area contributed by atoms with Crippen molar-refractivity contribution in [2.45, 2.75) is 32.9 Å². The zero-order chi connectivity index (χ0) is 12.9. The summed E-state index contributed by atoms with van der Waals surface area (Å²) in [5, 5.41) is 12.2. The molecule has 0 fully saturated rings. The van der Waals surface area contributed by atoms with Gasteiger partial charge in [-0.2, -0.15) is 0 Å². The molecule has 0 amide bonds. The van der Waals surface area contributed by atoms with Gasteiger partial charge in [-0.1, -0.05) is 0 Å². The zero-order valence-corrected chi connectivity index (χ0v) is 11.1. The van der Waals surface area contributed by atoms with Gasteiger partial charge in [0.1, 0.15) is 0 Å². The smallest absolute Gasteiger partial charge is 0.225 e. The molecule has 5 heteroatoms. The van der Waals surface area contributed by atoms with E-state index in [-0.39, 0.29) is 12.1 Å². The fourth-order valence-corrected chi connectivity index (χ4v) is 1.25. The van der Waals surface area contributed by atoms with Gasteiger partial charge < -0.3 is 15.3 Å². The predicted octanol–water partition coefficient (Wildman–Crippen LogP) is 0.793. The van der Waals surface area contributed by atoms with Crippen molar-refractivity contribution in [2.75, 3.05) is 25.1 Å². The van der Waals surface area contributed by atoms with Crippen LogP contribution in [0.4, 0.5) is 5.95 Å². The summed E-state index contributed by atoms with van der Waals surface area (Å²) in [7, 11) is 1.86. The van der Waals surface area contributed by atoms with E-state index < -0.39 is 0 Å². The van der Waals surface area contributed by atoms with E-state index in [1.54, 1.807) is 0 Å². The molecular weight excluding hydrogens is 216 g/mol. The number of aliphatic hydroxyl groups excluding tert-OH is 1. The van der Waals surface area contributed by atoms with Gasteiger partial charge in [0.25, 0.3) is 0 Å². The van der Waals surface area contributed by atoms with Gasteiger partial charge >= 0.3 is 0 Å². The largest absolute Gasteiger partial charge is 0.395 e. The Morgan fingerprint density at radius 3 is 2.35 bits per heavy atom. The van der Waals surface area contributed by atoms with Crippen molar-refractivity contribution < 1.29 is 5.11 Å². The van der Waals surface area contributed by atoms with Gasteiger partial charge in [-0.15, -0.1) is 0 Å². The molecule has 1 rings (SSSR count). The van der Waals surface area contributed by atoms with Crippen molar-refractivity contribution in [3.8, 4) is 0 Å². The fourth-order valence-electron chi connectivity index (χ4n) is 1.25. The number of nitrogens with one attached hydrogen (secondary N) is 1. The van der Waals surface area contributed by atoms with Crippen LogP contribution in [0.5, 0.6) is 0 Å². The molecule has 5 nitrogen and oxygen atoms in total. The Bertz CT molecular complexity index is 331. The Labute approximate surface area is 103 Å². The molecule has 0 spiro atoms. The maximum atomic E-state index is 8.82. The molecular formula is C12H22N4O. The van der Waals surface area contributed by atoms with E-state index in [2.05, 4.69) is 36.1 Å². The van der Waals surface area contributed by atoms with Crippen LogP contribution in [-0.4, -0.2) is 40.8 Å². The van der Waals surface area contributed by atoms with Crippen LogP contribution in [0.3, 0.4) is 0 Å². The van der Waals surface area contributed by atoms with Crippen molar-refractivity contribution in [1.29, 1.82) is 0 Å². The van der Waals surface area contributed by atoms with Crippen LogP contribution in [-0.2, 0) is 6.54 Å². The first-order valence-corrected chi connectivity index (χ1v) is 5.80. The molecule has 0 radical (unpaired) electrons. The van der Waals surface area contributed by atoms with E-state index >= 15 is 0 Å². The first-order valence-electron chi connectivity index (χ1n) is 5.80. The normalized spacial score (nSPS) is 11.6. The van der Waals surface area contributed by atoms with Crippen molar-refractivity contribution >= 4 is 5.95 Å². The van der Waals surface area contributed by atoms with Crippen LogP contribution >= 0.6 is 0 Å². The summed E-state index contributed by atoms with van der Waals surface area (Å²) in [5.41, 5.74) is 1.15. The highest BCUT2D eigenvalue weighted by molar-refractivity contribution is 5.28. The Morgan fingerprint density at radius 1 is 1.29 bits per heavy atom. The molecule has 96 valence electrons. The Hall–Kier alpha value is -1.20. The number of anilines is 1. The number of rotatable bonds is 5. The van der Waals surface area contributed by atoms with Crippen LogP contribution in [0, 0.1) is 0 Å². The van der Waals surface area contributed by atoms with E-state index in [1.807, 2.05) is 24.3 Å². The van der Waals surface area contributed by atoms with Crippen LogP contribution in [0.1, 0.15) is 26.3 Å². The second kappa shape index (κ2) is 5.93. The topological polar surface area (TPSA) is 61.3 Å². The van der Waals surface area contributed by atoms with Gasteiger partial charge in [-0.05, 0) is 20.8 Å². The Balaban J connectivity index is 2.56. The Kier molecular flexibility index (Phi) is 4.84. The summed E-state index contributed by atoms with van der Waals surface area (Å²) in [6.45, 7) is 7.77. The molecule has 2 N–H and O–H groups in total. The molecule has 0 aliphatic heterocycles. The highest BCUT2D eigenvalue weighted by atomic mass is 16.3. The number of likely N-dealkylation sites (N-methyl/N-ethyl adjacent to an activating group) is 1. The number of aliphatic hydroxyl groups is 1. The van der Waals surface area contributed by atoms with Crippen molar-refractivity contribution in [3.05, 3.63) is 18.0 Å². The lowest BCUT2D eigenvalue weighted by Crippen LogP contribution is -2.35. The van der Waals surface area contributed by atoms with Gasteiger partial charge in [0.15, 0.2) is 0 Å². The van der Waals surface area contributed by atoms with Crippen LogP contribution in [0.25, 0.3) is 0 Å². The summed E-state index contributed by atoms with van der Waals surface area (Å²) >= 11 is 0. The highest BCUT2D eigenvalue weighted by Gasteiger charge is 2.09. The van der Waals surface area contributed by atoms with Gasteiger partial charge in [0.05, 0.1) is 6.61 Å². The fraction of sp³-hybridized carbons (Fsp3) is 0.667. The monoisotopic (exact) mass is 238 g/mol. The molecule has 0 unspecified atom stereocenters. The van der Waals surface area contributed by atoms with Gasteiger partial charge in [-0.25, -0.2) is 9.97 Å². The minimum atomic E-state index is 0.0896.